The molecule has 0 radical (unpaired) electrons. The second-order valence-corrected chi connectivity index (χ2v) is 14.8. The van der Waals surface area contributed by atoms with Crippen molar-refractivity contribution in [2.75, 3.05) is 23.7 Å². The van der Waals surface area contributed by atoms with E-state index >= 15 is 0 Å². The monoisotopic (exact) mass is 727 g/mol. The van der Waals surface area contributed by atoms with Crippen molar-refractivity contribution < 1.29 is 22.7 Å². The van der Waals surface area contributed by atoms with Gasteiger partial charge in [-0.25, -0.2) is 8.42 Å². The maximum absolute atomic E-state index is 14.6. The molecule has 0 fully saturated rings. The minimum absolute atomic E-state index is 0.0149. The maximum Gasteiger partial charge on any atom is 0.264 e. The molecule has 0 saturated carbocycles. The van der Waals surface area contributed by atoms with Gasteiger partial charge in [-0.05, 0) is 93.3 Å². The first kappa shape index (κ1) is 37.1. The summed E-state index contributed by atoms with van der Waals surface area (Å²) >= 11 is 14.7. The van der Waals surface area contributed by atoms with Gasteiger partial charge in [0.2, 0.25) is 11.8 Å². The smallest absolute Gasteiger partial charge is 0.264 e. The predicted octanol–water partition coefficient (Wildman–Crippen LogP) is 7.47. The number of amides is 2. The molecule has 4 rings (SSSR count). The second-order valence-electron chi connectivity index (χ2n) is 11.2. The molecule has 48 heavy (non-hydrogen) atoms. The summed E-state index contributed by atoms with van der Waals surface area (Å²) in [5.74, 6) is -0.463. The van der Waals surface area contributed by atoms with Crippen molar-refractivity contribution in [1.29, 1.82) is 0 Å². The van der Waals surface area contributed by atoms with Crippen LogP contribution in [0.2, 0.25) is 10.0 Å². The van der Waals surface area contributed by atoms with Crippen LogP contribution in [0.4, 0.5) is 5.69 Å². The molecule has 0 aromatic heterocycles. The van der Waals surface area contributed by atoms with E-state index in [2.05, 4.69) is 5.32 Å². The number of benzene rings is 4. The van der Waals surface area contributed by atoms with E-state index in [0.29, 0.717) is 28.0 Å². The van der Waals surface area contributed by atoms with E-state index in [9.17, 15) is 18.0 Å². The normalized spacial score (nSPS) is 12.0. The number of nitrogens with zero attached hydrogens (tertiary/aromatic N) is 2. The number of thioether (sulfide) groups is 1. The Bertz CT molecular complexity index is 1770. The molecule has 4 aromatic rings. The molecule has 1 atom stereocenters. The summed E-state index contributed by atoms with van der Waals surface area (Å²) in [4.78, 5) is 30.8. The van der Waals surface area contributed by atoms with Crippen LogP contribution in [-0.4, -0.2) is 56.6 Å². The highest BCUT2D eigenvalue weighted by Crippen LogP contribution is 2.30. The molecule has 4 aromatic carbocycles. The van der Waals surface area contributed by atoms with E-state index in [0.717, 1.165) is 14.8 Å². The number of rotatable bonds is 15. The highest BCUT2D eigenvalue weighted by atomic mass is 35.5. The molecule has 1 N–H and O–H groups in total. The SMILES string of the molecule is CCOc1ccc(N(CC(=O)N(Cc2c(Cl)cccc2Cl)[C@H](Cc2ccccc2)C(=O)NC(C)C)S(=O)(=O)c2ccc(SC)cc2)cc1. The van der Waals surface area contributed by atoms with E-state index in [4.69, 9.17) is 27.9 Å². The van der Waals surface area contributed by atoms with Crippen LogP contribution in [0.25, 0.3) is 0 Å². The van der Waals surface area contributed by atoms with Crippen molar-refractivity contribution >= 4 is 62.5 Å². The lowest BCUT2D eigenvalue weighted by Gasteiger charge is -2.34. The number of carbonyl (C=O) groups excluding carboxylic acids is 2. The molecule has 0 spiro atoms. The van der Waals surface area contributed by atoms with E-state index < -0.39 is 34.4 Å². The fourth-order valence-corrected chi connectivity index (χ4v) is 7.41. The molecule has 0 bridgehead atoms. The number of nitrogens with one attached hydrogen (secondary N) is 1. The number of carbonyl (C=O) groups is 2. The maximum atomic E-state index is 14.6. The van der Waals surface area contributed by atoms with Gasteiger partial charge in [-0.3, -0.25) is 13.9 Å². The van der Waals surface area contributed by atoms with Crippen molar-refractivity contribution in [3.05, 3.63) is 118 Å². The molecule has 8 nitrogen and oxygen atoms in total. The molecule has 254 valence electrons. The number of halogens is 2. The molecular formula is C36H39Cl2N3O5S2. The van der Waals surface area contributed by atoms with Crippen LogP contribution in [0.15, 0.2) is 107 Å². The van der Waals surface area contributed by atoms with Crippen molar-refractivity contribution in [2.45, 2.75) is 55.6 Å². The second kappa shape index (κ2) is 17.1. The molecule has 0 aliphatic carbocycles. The first-order chi connectivity index (χ1) is 22.9. The molecule has 0 unspecified atom stereocenters. The van der Waals surface area contributed by atoms with Crippen molar-refractivity contribution in [3.63, 3.8) is 0 Å². The summed E-state index contributed by atoms with van der Waals surface area (Å²) < 4.78 is 35.2. The molecule has 0 aliphatic rings. The number of ether oxygens (including phenoxy) is 1. The summed E-state index contributed by atoms with van der Waals surface area (Å²) in [7, 11) is -4.26. The molecule has 2 amide bonds. The van der Waals surface area contributed by atoms with Gasteiger partial charge in [0.15, 0.2) is 0 Å². The van der Waals surface area contributed by atoms with Gasteiger partial charge >= 0.3 is 0 Å². The molecule has 0 saturated heterocycles. The average Bonchev–Trinajstić information content (AvgIpc) is 3.07. The Labute approximate surface area is 297 Å². The lowest BCUT2D eigenvalue weighted by atomic mass is 10.0. The van der Waals surface area contributed by atoms with E-state index in [-0.39, 0.29) is 29.6 Å². The van der Waals surface area contributed by atoms with Crippen molar-refractivity contribution in [1.82, 2.24) is 10.2 Å². The van der Waals surface area contributed by atoms with Gasteiger partial charge in [0.05, 0.1) is 17.2 Å². The average molecular weight is 729 g/mol. The third kappa shape index (κ3) is 9.47. The summed E-state index contributed by atoms with van der Waals surface area (Å²) in [5, 5.41) is 3.56. The Morgan fingerprint density at radius 2 is 1.50 bits per heavy atom. The zero-order valence-electron chi connectivity index (χ0n) is 27.2. The summed E-state index contributed by atoms with van der Waals surface area (Å²) in [5.41, 5.74) is 1.50. The first-order valence-electron chi connectivity index (χ1n) is 15.4. The third-order valence-electron chi connectivity index (χ3n) is 7.45. The van der Waals surface area contributed by atoms with E-state index in [1.54, 1.807) is 54.6 Å². The molecule has 0 aliphatic heterocycles. The van der Waals surface area contributed by atoms with Crippen LogP contribution >= 0.6 is 35.0 Å². The Morgan fingerprint density at radius 3 is 2.06 bits per heavy atom. The van der Waals surface area contributed by atoms with E-state index in [1.807, 2.05) is 57.4 Å². The van der Waals surface area contributed by atoms with Gasteiger partial charge in [0.1, 0.15) is 18.3 Å². The Morgan fingerprint density at radius 1 is 0.875 bits per heavy atom. The number of anilines is 1. The number of hydrogen-bond donors (Lipinski definition) is 1. The van der Waals surface area contributed by atoms with Crippen LogP contribution in [0, 0.1) is 0 Å². The standard InChI is InChI=1S/C36H39Cl2N3O5S2/c1-5-46-28-16-14-27(15-17-28)41(48(44,45)30-20-18-29(47-4)19-21-30)24-35(42)40(23-31-32(37)12-9-13-33(31)38)34(36(43)39-25(2)3)22-26-10-7-6-8-11-26/h6-21,25,34H,5,22-24H2,1-4H3,(H,39,43)/t34-/m1/s1. The lowest BCUT2D eigenvalue weighted by molar-refractivity contribution is -0.140. The Balaban J connectivity index is 1.84. The zero-order valence-corrected chi connectivity index (χ0v) is 30.4. The molecular weight excluding hydrogens is 689 g/mol. The van der Waals surface area contributed by atoms with Crippen LogP contribution in [0.3, 0.4) is 0 Å². The van der Waals surface area contributed by atoms with Crippen LogP contribution in [0.1, 0.15) is 31.9 Å². The van der Waals surface area contributed by atoms with E-state index in [1.165, 1.54) is 28.8 Å². The fourth-order valence-electron chi connectivity index (χ4n) is 5.07. The highest BCUT2D eigenvalue weighted by Gasteiger charge is 2.35. The third-order valence-corrected chi connectivity index (χ3v) is 10.7. The fraction of sp³-hybridized carbons (Fsp3) is 0.278. The van der Waals surface area contributed by atoms with Crippen molar-refractivity contribution in [2.24, 2.45) is 0 Å². The quantitative estimate of drug-likeness (QED) is 0.128. The van der Waals surface area contributed by atoms with Crippen LogP contribution < -0.4 is 14.4 Å². The van der Waals surface area contributed by atoms with Gasteiger partial charge < -0.3 is 15.0 Å². The number of sulfonamides is 1. The van der Waals surface area contributed by atoms with Gasteiger partial charge in [0, 0.05) is 39.5 Å². The lowest BCUT2D eigenvalue weighted by Crippen LogP contribution is -2.54. The van der Waals surface area contributed by atoms with Crippen molar-refractivity contribution in [3.8, 4) is 5.75 Å². The molecule has 12 heteroatoms. The molecule has 0 heterocycles. The Hall–Kier alpha value is -3.70. The Kier molecular flexibility index (Phi) is 13.2. The van der Waals surface area contributed by atoms with Crippen LogP contribution in [-0.2, 0) is 32.6 Å². The number of hydrogen-bond acceptors (Lipinski definition) is 6. The van der Waals surface area contributed by atoms with Gasteiger partial charge in [-0.15, -0.1) is 11.8 Å². The largest absolute Gasteiger partial charge is 0.494 e. The highest BCUT2D eigenvalue weighted by molar-refractivity contribution is 7.98. The summed E-state index contributed by atoms with van der Waals surface area (Å²) in [6.07, 6.45) is 2.06. The first-order valence-corrected chi connectivity index (χ1v) is 18.8. The minimum atomic E-state index is -4.26. The van der Waals surface area contributed by atoms with Gasteiger partial charge in [-0.2, -0.15) is 0 Å². The van der Waals surface area contributed by atoms with Gasteiger partial charge in [0.25, 0.3) is 10.0 Å². The zero-order chi connectivity index (χ0) is 34.8. The summed E-state index contributed by atoms with van der Waals surface area (Å²) in [6.45, 7) is 5.20. The van der Waals surface area contributed by atoms with Crippen LogP contribution in [0.5, 0.6) is 5.75 Å². The topological polar surface area (TPSA) is 96.0 Å². The predicted molar refractivity (Wildman–Crippen MR) is 195 cm³/mol. The van der Waals surface area contributed by atoms with Gasteiger partial charge in [-0.1, -0.05) is 59.6 Å². The summed E-state index contributed by atoms with van der Waals surface area (Å²) in [6, 6.07) is 26.0. The minimum Gasteiger partial charge on any atom is -0.494 e.